The van der Waals surface area contributed by atoms with E-state index >= 15 is 0 Å². The van der Waals surface area contributed by atoms with Crippen molar-refractivity contribution in [2.45, 2.75) is 33.6 Å². The zero-order valence-corrected chi connectivity index (χ0v) is 12.8. The van der Waals surface area contributed by atoms with Gasteiger partial charge in [-0.3, -0.25) is 4.79 Å². The first-order valence-corrected chi connectivity index (χ1v) is 7.18. The molecular formula is C16H24N2O3. The molecule has 0 saturated heterocycles. The summed E-state index contributed by atoms with van der Waals surface area (Å²) in [5.74, 6) is -0.650. The van der Waals surface area contributed by atoms with E-state index in [2.05, 4.69) is 19.2 Å². The van der Waals surface area contributed by atoms with Crippen LogP contribution >= 0.6 is 0 Å². The fraction of sp³-hybridized carbons (Fsp3) is 0.500. The molecule has 0 radical (unpaired) electrons. The van der Waals surface area contributed by atoms with Crippen molar-refractivity contribution in [2.75, 3.05) is 11.9 Å². The Morgan fingerprint density at radius 3 is 2.52 bits per heavy atom. The number of amides is 1. The van der Waals surface area contributed by atoms with E-state index in [-0.39, 0.29) is 17.4 Å². The Kier molecular flexibility index (Phi) is 6.37. The second kappa shape index (κ2) is 7.78. The van der Waals surface area contributed by atoms with Crippen LogP contribution in [0.5, 0.6) is 0 Å². The van der Waals surface area contributed by atoms with Crippen LogP contribution in [0.25, 0.3) is 0 Å². The van der Waals surface area contributed by atoms with Gasteiger partial charge in [-0.2, -0.15) is 0 Å². The maximum atomic E-state index is 12.1. The summed E-state index contributed by atoms with van der Waals surface area (Å²) >= 11 is 0. The zero-order valence-electron chi connectivity index (χ0n) is 12.8. The lowest BCUT2D eigenvalue weighted by molar-refractivity contribution is -0.117. The van der Waals surface area contributed by atoms with Crippen LogP contribution in [0.4, 0.5) is 5.69 Å². The summed E-state index contributed by atoms with van der Waals surface area (Å²) in [6, 6.07) is 5.04. The van der Waals surface area contributed by atoms with E-state index in [1.165, 1.54) is 0 Å². The molecule has 1 aromatic carbocycles. The Morgan fingerprint density at radius 2 is 2.00 bits per heavy atom. The Labute approximate surface area is 125 Å². The van der Waals surface area contributed by atoms with Crippen LogP contribution in [-0.2, 0) is 4.79 Å². The van der Waals surface area contributed by atoms with Crippen LogP contribution in [0.1, 0.15) is 42.6 Å². The van der Waals surface area contributed by atoms with Gasteiger partial charge >= 0.3 is 5.97 Å². The molecule has 5 heteroatoms. The van der Waals surface area contributed by atoms with Crippen molar-refractivity contribution in [3.63, 3.8) is 0 Å². The van der Waals surface area contributed by atoms with Crippen molar-refractivity contribution < 1.29 is 14.7 Å². The Morgan fingerprint density at radius 1 is 1.33 bits per heavy atom. The van der Waals surface area contributed by atoms with E-state index in [4.69, 9.17) is 5.73 Å². The van der Waals surface area contributed by atoms with Gasteiger partial charge in [0.15, 0.2) is 0 Å². The molecule has 0 aliphatic heterocycles. The average molecular weight is 292 g/mol. The van der Waals surface area contributed by atoms with Crippen molar-refractivity contribution >= 4 is 17.6 Å². The highest BCUT2D eigenvalue weighted by Crippen LogP contribution is 2.21. The van der Waals surface area contributed by atoms with Gasteiger partial charge in [0.1, 0.15) is 0 Å². The molecule has 4 N–H and O–H groups in total. The summed E-state index contributed by atoms with van der Waals surface area (Å²) in [4.78, 5) is 23.4. The predicted molar refractivity (Wildman–Crippen MR) is 83.4 cm³/mol. The van der Waals surface area contributed by atoms with E-state index < -0.39 is 5.97 Å². The Bertz CT molecular complexity index is 512. The van der Waals surface area contributed by atoms with E-state index in [0.29, 0.717) is 30.1 Å². The minimum Gasteiger partial charge on any atom is -0.478 e. The summed E-state index contributed by atoms with van der Waals surface area (Å²) in [7, 11) is 0. The van der Waals surface area contributed by atoms with Crippen LogP contribution < -0.4 is 11.1 Å². The molecule has 0 fully saturated rings. The number of carboxylic acids is 1. The number of aryl methyl sites for hydroxylation is 1. The SMILES string of the molecule is Cc1cccc(NC(=O)CC(CN)CC(C)C)c1C(=O)O. The van der Waals surface area contributed by atoms with Gasteiger partial charge < -0.3 is 16.2 Å². The molecule has 1 rings (SSSR count). The number of nitrogens with two attached hydrogens (primary N) is 1. The third-order valence-electron chi connectivity index (χ3n) is 3.37. The fourth-order valence-corrected chi connectivity index (χ4v) is 2.45. The molecule has 0 aromatic heterocycles. The monoisotopic (exact) mass is 292 g/mol. The number of nitrogens with one attached hydrogen (secondary N) is 1. The number of anilines is 1. The minimum absolute atomic E-state index is 0.114. The number of hydrogen-bond donors (Lipinski definition) is 3. The Balaban J connectivity index is 2.79. The zero-order chi connectivity index (χ0) is 16.0. The van der Waals surface area contributed by atoms with Gasteiger partial charge in [0.2, 0.25) is 5.91 Å². The van der Waals surface area contributed by atoms with Crippen LogP contribution in [-0.4, -0.2) is 23.5 Å². The maximum Gasteiger partial charge on any atom is 0.338 e. The molecule has 0 heterocycles. The lowest BCUT2D eigenvalue weighted by Crippen LogP contribution is -2.24. The predicted octanol–water partition coefficient (Wildman–Crippen LogP) is 2.64. The van der Waals surface area contributed by atoms with Gasteiger partial charge in [0.25, 0.3) is 0 Å². The molecule has 0 bridgehead atoms. The average Bonchev–Trinajstić information content (AvgIpc) is 2.36. The van der Waals surface area contributed by atoms with Crippen LogP contribution in [0, 0.1) is 18.8 Å². The summed E-state index contributed by atoms with van der Waals surface area (Å²) in [5, 5.41) is 11.9. The number of carboxylic acid groups (broad SMARTS) is 1. The van der Waals surface area contributed by atoms with E-state index in [9.17, 15) is 14.7 Å². The molecule has 1 amide bonds. The first kappa shape index (κ1) is 17.2. The third-order valence-corrected chi connectivity index (χ3v) is 3.37. The van der Waals surface area contributed by atoms with E-state index in [0.717, 1.165) is 6.42 Å². The molecule has 0 aliphatic carbocycles. The molecule has 5 nitrogen and oxygen atoms in total. The van der Waals surface area contributed by atoms with Crippen LogP contribution in [0.3, 0.4) is 0 Å². The number of carbonyl (C=O) groups excluding carboxylic acids is 1. The highest BCUT2D eigenvalue weighted by atomic mass is 16.4. The summed E-state index contributed by atoms with van der Waals surface area (Å²) < 4.78 is 0. The van der Waals surface area contributed by atoms with Crippen molar-refractivity contribution in [1.29, 1.82) is 0 Å². The molecule has 116 valence electrons. The van der Waals surface area contributed by atoms with Gasteiger partial charge in [-0.25, -0.2) is 4.79 Å². The number of aromatic carboxylic acids is 1. The molecule has 21 heavy (non-hydrogen) atoms. The largest absolute Gasteiger partial charge is 0.478 e. The second-order valence-electron chi connectivity index (χ2n) is 5.79. The second-order valence-corrected chi connectivity index (χ2v) is 5.79. The fourth-order valence-electron chi connectivity index (χ4n) is 2.45. The molecule has 0 saturated carbocycles. The van der Waals surface area contributed by atoms with Crippen molar-refractivity contribution in [1.82, 2.24) is 0 Å². The Hall–Kier alpha value is -1.88. The van der Waals surface area contributed by atoms with E-state index in [1.807, 2.05) is 0 Å². The van der Waals surface area contributed by atoms with Crippen molar-refractivity contribution in [2.24, 2.45) is 17.6 Å². The lowest BCUT2D eigenvalue weighted by Gasteiger charge is -2.17. The molecule has 0 spiro atoms. The first-order chi connectivity index (χ1) is 9.85. The molecule has 1 aromatic rings. The van der Waals surface area contributed by atoms with Crippen molar-refractivity contribution in [3.05, 3.63) is 29.3 Å². The summed E-state index contributed by atoms with van der Waals surface area (Å²) in [6.07, 6.45) is 1.19. The van der Waals surface area contributed by atoms with E-state index in [1.54, 1.807) is 25.1 Å². The number of carbonyl (C=O) groups is 2. The quantitative estimate of drug-likeness (QED) is 0.720. The molecule has 1 unspecified atom stereocenters. The first-order valence-electron chi connectivity index (χ1n) is 7.18. The molecule has 0 aliphatic rings. The van der Waals surface area contributed by atoms with Gasteiger partial charge in [-0.15, -0.1) is 0 Å². The van der Waals surface area contributed by atoms with Crippen LogP contribution in [0.15, 0.2) is 18.2 Å². The highest BCUT2D eigenvalue weighted by molar-refractivity contribution is 6.01. The summed E-state index contributed by atoms with van der Waals surface area (Å²) in [6.45, 7) is 6.33. The number of benzene rings is 1. The highest BCUT2D eigenvalue weighted by Gasteiger charge is 2.18. The maximum absolute atomic E-state index is 12.1. The molecular weight excluding hydrogens is 268 g/mol. The number of rotatable bonds is 7. The standard InChI is InChI=1S/C16H24N2O3/c1-10(2)7-12(9-17)8-14(19)18-13-6-4-5-11(3)15(13)16(20)21/h4-6,10,12H,7-9,17H2,1-3H3,(H,18,19)(H,20,21). The lowest BCUT2D eigenvalue weighted by atomic mass is 9.94. The van der Waals surface area contributed by atoms with Gasteiger partial charge in [0.05, 0.1) is 11.3 Å². The third kappa shape index (κ3) is 5.19. The van der Waals surface area contributed by atoms with Crippen molar-refractivity contribution in [3.8, 4) is 0 Å². The number of hydrogen-bond acceptors (Lipinski definition) is 3. The van der Waals surface area contributed by atoms with Gasteiger partial charge in [-0.1, -0.05) is 26.0 Å². The normalized spacial score (nSPS) is 12.2. The molecule has 1 atom stereocenters. The van der Waals surface area contributed by atoms with Gasteiger partial charge in [0, 0.05) is 6.42 Å². The minimum atomic E-state index is -1.04. The van der Waals surface area contributed by atoms with Gasteiger partial charge in [-0.05, 0) is 43.4 Å². The smallest absolute Gasteiger partial charge is 0.338 e. The summed E-state index contributed by atoms with van der Waals surface area (Å²) in [5.41, 5.74) is 6.79. The topological polar surface area (TPSA) is 92.4 Å². The van der Waals surface area contributed by atoms with Crippen LogP contribution in [0.2, 0.25) is 0 Å².